The lowest BCUT2D eigenvalue weighted by Crippen LogP contribution is -2.28. The minimum absolute atomic E-state index is 0.0108. The molecule has 20 heavy (non-hydrogen) atoms. The van der Waals surface area contributed by atoms with E-state index in [1.807, 2.05) is 6.92 Å². The fourth-order valence-electron chi connectivity index (χ4n) is 0.786. The van der Waals surface area contributed by atoms with E-state index in [1.165, 1.54) is 0 Å². The summed E-state index contributed by atoms with van der Waals surface area (Å²) < 4.78 is 0. The smallest absolute Gasteiger partial charge is 0.303 e. The molecule has 0 aliphatic rings. The molecule has 0 bridgehead atoms. The van der Waals surface area contributed by atoms with Crippen LogP contribution >= 0.6 is 0 Å². The maximum Gasteiger partial charge on any atom is 0.303 e. The summed E-state index contributed by atoms with van der Waals surface area (Å²) in [4.78, 5) is 23.9. The molecule has 0 amide bonds. The highest BCUT2D eigenvalue weighted by molar-refractivity contribution is 5.66. The molecule has 9 nitrogen and oxygen atoms in total. The number of hydrogen-bond acceptors (Lipinski definition) is 8. The third-order valence-corrected chi connectivity index (χ3v) is 1.61. The van der Waals surface area contributed by atoms with Gasteiger partial charge in [0.25, 0.3) is 0 Å². The number of aliphatic hydroxyl groups is 3. The molecule has 0 aromatic heterocycles. The van der Waals surface area contributed by atoms with E-state index in [-0.39, 0.29) is 39.6 Å². The Kier molecular flexibility index (Phi) is 19.5. The van der Waals surface area contributed by atoms with Gasteiger partial charge in [0, 0.05) is 6.42 Å². The molecule has 0 aromatic rings. The van der Waals surface area contributed by atoms with Gasteiger partial charge in [-0.25, -0.2) is 14.5 Å². The Morgan fingerprint density at radius 1 is 0.950 bits per heavy atom. The molecule has 0 radical (unpaired) electrons. The predicted octanol–water partition coefficient (Wildman–Crippen LogP) is -0.679. The summed E-state index contributed by atoms with van der Waals surface area (Å²) in [5, 5.41) is 33.9. The number of rotatable bonds is 12. The van der Waals surface area contributed by atoms with Crippen LogP contribution in [0.2, 0.25) is 0 Å². The highest BCUT2D eigenvalue weighted by Crippen LogP contribution is 1.93. The first-order valence-electron chi connectivity index (χ1n) is 6.35. The number of unbranched alkanes of at least 4 members (excludes halogenated alkanes) is 1. The van der Waals surface area contributed by atoms with E-state index >= 15 is 0 Å². The summed E-state index contributed by atoms with van der Waals surface area (Å²) in [5.74, 6) is -0.693. The second-order valence-electron chi connectivity index (χ2n) is 3.39. The van der Waals surface area contributed by atoms with Crippen LogP contribution in [0.3, 0.4) is 0 Å². The van der Waals surface area contributed by atoms with Crippen molar-refractivity contribution in [3.63, 3.8) is 0 Å². The predicted molar refractivity (Wildman–Crippen MR) is 68.1 cm³/mol. The molecule has 0 unspecified atom stereocenters. The fourth-order valence-corrected chi connectivity index (χ4v) is 0.786. The second kappa shape index (κ2) is 18.2. The van der Waals surface area contributed by atoms with Crippen LogP contribution in [0.5, 0.6) is 0 Å². The zero-order valence-corrected chi connectivity index (χ0v) is 11.7. The van der Waals surface area contributed by atoms with E-state index in [9.17, 15) is 4.79 Å². The Balaban J connectivity index is 0. The van der Waals surface area contributed by atoms with Gasteiger partial charge in [0.1, 0.15) is 0 Å². The molecule has 0 spiro atoms. The van der Waals surface area contributed by atoms with Gasteiger partial charge in [-0.3, -0.25) is 4.79 Å². The topological polar surface area (TPSA) is 129 Å². The van der Waals surface area contributed by atoms with Crippen LogP contribution in [0.4, 0.5) is 0 Å². The average molecular weight is 299 g/mol. The first-order chi connectivity index (χ1) is 9.62. The van der Waals surface area contributed by atoms with Crippen molar-refractivity contribution in [2.45, 2.75) is 26.2 Å². The van der Waals surface area contributed by atoms with Gasteiger partial charge >= 0.3 is 5.97 Å². The fraction of sp³-hybridized carbons (Fsp3) is 0.909. The number of aliphatic carboxylic acids is 1. The van der Waals surface area contributed by atoms with Gasteiger partial charge in [0.15, 0.2) is 0 Å². The Bertz CT molecular complexity index is 186. The number of aliphatic hydroxyl groups excluding tert-OH is 3. The molecule has 122 valence electrons. The molecule has 0 heterocycles. The summed E-state index contributed by atoms with van der Waals surface area (Å²) >= 11 is 0. The van der Waals surface area contributed by atoms with Crippen LogP contribution in [0.1, 0.15) is 26.2 Å². The summed E-state index contributed by atoms with van der Waals surface area (Å²) in [6, 6.07) is 0. The standard InChI is InChI=1S/C6H15NO6.C5H10O2/c8-1-4-11-7(12-5-2-9)13-6-3-10;1-2-3-4-5(6)7/h8-10H,1-6H2;2-4H2,1H3,(H,6,7). The minimum atomic E-state index is -0.693. The maximum absolute atomic E-state index is 9.76. The van der Waals surface area contributed by atoms with Crippen molar-refractivity contribution in [3.8, 4) is 0 Å². The number of hydrogen-bond donors (Lipinski definition) is 4. The van der Waals surface area contributed by atoms with Crippen molar-refractivity contribution in [2.24, 2.45) is 0 Å². The lowest BCUT2D eigenvalue weighted by Gasteiger charge is -2.17. The third kappa shape index (κ3) is 19.5. The summed E-state index contributed by atoms with van der Waals surface area (Å²) in [7, 11) is 0. The zero-order valence-electron chi connectivity index (χ0n) is 11.7. The molecule has 0 saturated heterocycles. The lowest BCUT2D eigenvalue weighted by molar-refractivity contribution is -0.527. The van der Waals surface area contributed by atoms with E-state index in [0.717, 1.165) is 12.8 Å². The van der Waals surface area contributed by atoms with E-state index in [0.29, 0.717) is 11.8 Å². The van der Waals surface area contributed by atoms with Crippen LogP contribution in [-0.4, -0.2) is 71.4 Å². The molecule has 0 aliphatic heterocycles. The third-order valence-electron chi connectivity index (χ3n) is 1.61. The lowest BCUT2D eigenvalue weighted by atomic mass is 10.3. The van der Waals surface area contributed by atoms with Crippen molar-refractivity contribution in [3.05, 3.63) is 0 Å². The van der Waals surface area contributed by atoms with E-state index < -0.39 is 5.97 Å². The highest BCUT2D eigenvalue weighted by atomic mass is 17.2. The molecule has 0 fully saturated rings. The van der Waals surface area contributed by atoms with Crippen LogP contribution in [-0.2, 0) is 19.3 Å². The van der Waals surface area contributed by atoms with Crippen LogP contribution in [0, 0.1) is 0 Å². The second-order valence-corrected chi connectivity index (χ2v) is 3.39. The first kappa shape index (κ1) is 21.5. The maximum atomic E-state index is 9.76. The number of carboxylic acid groups (broad SMARTS) is 1. The number of carboxylic acids is 1. The minimum Gasteiger partial charge on any atom is -0.481 e. The first-order valence-corrected chi connectivity index (χ1v) is 6.35. The Labute approximate surface area is 118 Å². The summed E-state index contributed by atoms with van der Waals surface area (Å²) in [5.41, 5.74) is 0. The van der Waals surface area contributed by atoms with Crippen LogP contribution < -0.4 is 0 Å². The van der Waals surface area contributed by atoms with Crippen molar-refractivity contribution in [2.75, 3.05) is 39.6 Å². The zero-order chi connectivity index (χ0) is 15.6. The summed E-state index contributed by atoms with van der Waals surface area (Å²) in [6.45, 7) is 1.47. The number of nitrogens with zero attached hydrogens (tertiary/aromatic N) is 1. The molecule has 0 saturated carbocycles. The molecule has 0 aliphatic carbocycles. The average Bonchev–Trinajstić information content (AvgIpc) is 2.45. The van der Waals surface area contributed by atoms with Crippen molar-refractivity contribution < 1.29 is 39.7 Å². The Hall–Kier alpha value is -0.810. The molecule has 4 N–H and O–H groups in total. The Morgan fingerprint density at radius 3 is 1.55 bits per heavy atom. The van der Waals surface area contributed by atoms with Crippen molar-refractivity contribution in [1.82, 2.24) is 5.39 Å². The van der Waals surface area contributed by atoms with Gasteiger partial charge in [0.05, 0.1) is 45.0 Å². The molecule has 0 rings (SSSR count). The van der Waals surface area contributed by atoms with E-state index in [2.05, 4.69) is 0 Å². The Morgan fingerprint density at radius 2 is 1.35 bits per heavy atom. The van der Waals surface area contributed by atoms with Crippen LogP contribution in [0.15, 0.2) is 0 Å². The van der Waals surface area contributed by atoms with Crippen molar-refractivity contribution >= 4 is 5.97 Å². The van der Waals surface area contributed by atoms with Gasteiger partial charge < -0.3 is 20.4 Å². The van der Waals surface area contributed by atoms with Gasteiger partial charge in [-0.1, -0.05) is 13.3 Å². The quantitative estimate of drug-likeness (QED) is 0.346. The van der Waals surface area contributed by atoms with Gasteiger partial charge in [-0.2, -0.15) is 0 Å². The van der Waals surface area contributed by atoms with Gasteiger partial charge in [-0.15, -0.1) is 0 Å². The largest absolute Gasteiger partial charge is 0.481 e. The normalized spacial score (nSPS) is 10.2. The van der Waals surface area contributed by atoms with Crippen LogP contribution in [0.25, 0.3) is 0 Å². The molecular weight excluding hydrogens is 274 g/mol. The van der Waals surface area contributed by atoms with E-state index in [4.69, 9.17) is 34.9 Å². The molecule has 0 aromatic carbocycles. The molecule has 9 heteroatoms. The summed E-state index contributed by atoms with van der Waals surface area (Å²) in [6.07, 6.45) is 2.08. The highest BCUT2D eigenvalue weighted by Gasteiger charge is 2.05. The SMILES string of the molecule is CCCCC(=O)O.OCCON(OCCO)OCCO. The molecular formula is C11H25NO8. The monoisotopic (exact) mass is 299 g/mol. The van der Waals surface area contributed by atoms with E-state index in [1.54, 1.807) is 0 Å². The number of carbonyl (C=O) groups is 1. The van der Waals surface area contributed by atoms with Gasteiger partial charge in [0.2, 0.25) is 0 Å². The van der Waals surface area contributed by atoms with Crippen molar-refractivity contribution in [1.29, 1.82) is 0 Å². The molecule has 0 atom stereocenters. The van der Waals surface area contributed by atoms with Gasteiger partial charge in [-0.05, 0) is 6.42 Å².